The molecule has 2 nitrogen and oxygen atoms in total. The van der Waals surface area contributed by atoms with Gasteiger partial charge in [-0.2, -0.15) is 0 Å². The number of hydrogen-bond donors (Lipinski definition) is 0. The predicted molar refractivity (Wildman–Crippen MR) is 81.4 cm³/mol. The monoisotopic (exact) mass is 334 g/mol. The van der Waals surface area contributed by atoms with Gasteiger partial charge in [0.05, 0.1) is 0 Å². The van der Waals surface area contributed by atoms with Gasteiger partial charge in [-0.3, -0.25) is 0 Å². The maximum atomic E-state index is 6.18. The molecule has 0 spiro atoms. The van der Waals surface area contributed by atoms with Gasteiger partial charge in [0.2, 0.25) is 0 Å². The van der Waals surface area contributed by atoms with E-state index >= 15 is 0 Å². The van der Waals surface area contributed by atoms with E-state index in [0.717, 1.165) is 11.1 Å². The van der Waals surface area contributed by atoms with Crippen LogP contribution in [0, 0.1) is 0 Å². The van der Waals surface area contributed by atoms with Crippen LogP contribution in [-0.4, -0.2) is 0 Å². The normalized spacial score (nSPS) is 21.1. The minimum absolute atomic E-state index is 0.551. The molecule has 0 aromatic heterocycles. The third-order valence-electron chi connectivity index (χ3n) is 2.80. The Bertz CT molecular complexity index is 586. The van der Waals surface area contributed by atoms with E-state index < -0.39 is 5.12 Å². The first-order valence-electron chi connectivity index (χ1n) is 5.64. The van der Waals surface area contributed by atoms with Crippen molar-refractivity contribution in [3.63, 3.8) is 0 Å². The number of rotatable bonds is 0. The average molecular weight is 336 g/mol. The van der Waals surface area contributed by atoms with Crippen molar-refractivity contribution in [1.29, 1.82) is 0 Å². The molecule has 0 saturated carbocycles. The zero-order valence-corrected chi connectivity index (χ0v) is 12.9. The molecule has 19 heavy (non-hydrogen) atoms. The SMILES string of the molecule is ClP1(Cl)(Cl)Oc2ccccc2Cc2ccccc2O1. The van der Waals surface area contributed by atoms with Crippen molar-refractivity contribution >= 4 is 38.8 Å². The van der Waals surface area contributed by atoms with Gasteiger partial charge < -0.3 is 0 Å². The molecule has 0 bridgehead atoms. The summed E-state index contributed by atoms with van der Waals surface area (Å²) in [5.41, 5.74) is 1.93. The number of halogens is 3. The molecule has 0 saturated heterocycles. The van der Waals surface area contributed by atoms with E-state index in [9.17, 15) is 0 Å². The zero-order chi connectivity index (χ0) is 13.5. The number of hydrogen-bond acceptors (Lipinski definition) is 2. The van der Waals surface area contributed by atoms with Gasteiger partial charge in [-0.1, -0.05) is 0 Å². The van der Waals surface area contributed by atoms with Gasteiger partial charge in [0, 0.05) is 0 Å². The van der Waals surface area contributed by atoms with Crippen molar-refractivity contribution in [2.75, 3.05) is 0 Å². The molecule has 0 atom stereocenters. The van der Waals surface area contributed by atoms with Gasteiger partial charge in [-0.25, -0.2) is 0 Å². The molecule has 0 aliphatic carbocycles. The first-order valence-corrected chi connectivity index (χ1v) is 10.4. The molecule has 3 rings (SSSR count). The molecule has 1 heterocycles. The summed E-state index contributed by atoms with van der Waals surface area (Å²) in [7, 11) is 0. The Morgan fingerprint density at radius 2 is 1.16 bits per heavy atom. The molecule has 2 aromatic rings. The summed E-state index contributed by atoms with van der Waals surface area (Å²) in [6.45, 7) is 0. The van der Waals surface area contributed by atoms with Crippen molar-refractivity contribution in [3.8, 4) is 11.5 Å². The molecular weight excluding hydrogens is 325 g/mol. The van der Waals surface area contributed by atoms with Crippen molar-refractivity contribution in [2.45, 2.75) is 6.42 Å². The second-order valence-electron chi connectivity index (χ2n) is 4.26. The van der Waals surface area contributed by atoms with E-state index in [4.69, 9.17) is 42.8 Å². The Balaban J connectivity index is 2.19. The third-order valence-corrected chi connectivity index (χ3v) is 5.00. The number of fused-ring (bicyclic) bond motifs is 2. The van der Waals surface area contributed by atoms with Gasteiger partial charge in [0.15, 0.2) is 0 Å². The standard InChI is InChI=1S/C13H10Cl3O2P/c14-19(15,16)17-12-7-3-1-5-10(12)9-11-6-2-4-8-13(11)18-19/h1-8H,9H2. The average Bonchev–Trinajstić information content (AvgIpc) is 2.31. The van der Waals surface area contributed by atoms with E-state index in [-0.39, 0.29) is 0 Å². The predicted octanol–water partition coefficient (Wildman–Crippen LogP) is 5.89. The number of para-hydroxylation sites is 2. The van der Waals surface area contributed by atoms with Crippen LogP contribution in [0.25, 0.3) is 0 Å². The van der Waals surface area contributed by atoms with Crippen LogP contribution in [0.3, 0.4) is 0 Å². The van der Waals surface area contributed by atoms with Crippen molar-refractivity contribution in [2.24, 2.45) is 0 Å². The Kier molecular flexibility index (Phi) is 3.11. The Hall–Kier alpha value is -0.660. The molecular formula is C13H10Cl3O2P. The molecule has 100 valence electrons. The summed E-state index contributed by atoms with van der Waals surface area (Å²) in [5.74, 6) is 1.10. The summed E-state index contributed by atoms with van der Waals surface area (Å²) in [6.07, 6.45) is 0.670. The summed E-state index contributed by atoms with van der Waals surface area (Å²) in [5, 5.41) is -4.23. The maximum absolute atomic E-state index is 6.18. The van der Waals surface area contributed by atoms with Crippen LogP contribution in [-0.2, 0) is 6.42 Å². The molecule has 0 amide bonds. The Labute approximate surface area is 125 Å². The van der Waals surface area contributed by atoms with Crippen LogP contribution >= 0.6 is 38.8 Å². The van der Waals surface area contributed by atoms with Gasteiger partial charge >= 0.3 is 125 Å². The fraction of sp³-hybridized carbons (Fsp3) is 0.0769. The van der Waals surface area contributed by atoms with Crippen LogP contribution in [0.15, 0.2) is 48.5 Å². The van der Waals surface area contributed by atoms with E-state index in [0.29, 0.717) is 17.9 Å². The molecule has 1 aliphatic heterocycles. The van der Waals surface area contributed by atoms with Gasteiger partial charge in [-0.15, -0.1) is 0 Å². The van der Waals surface area contributed by atoms with Crippen LogP contribution in [0.4, 0.5) is 0 Å². The molecule has 6 heteroatoms. The third kappa shape index (κ3) is 2.93. The van der Waals surface area contributed by atoms with Crippen LogP contribution in [0.5, 0.6) is 11.5 Å². The molecule has 0 N–H and O–H groups in total. The van der Waals surface area contributed by atoms with Crippen molar-refractivity contribution < 1.29 is 9.05 Å². The summed E-state index contributed by atoms with van der Waals surface area (Å²) < 4.78 is 11.1. The summed E-state index contributed by atoms with van der Waals surface area (Å²) in [4.78, 5) is 0. The molecule has 1 aliphatic rings. The van der Waals surface area contributed by atoms with Crippen LogP contribution in [0.1, 0.15) is 11.1 Å². The Morgan fingerprint density at radius 3 is 1.63 bits per heavy atom. The zero-order valence-electron chi connectivity index (χ0n) is 9.72. The topological polar surface area (TPSA) is 18.5 Å². The first kappa shape index (κ1) is 13.3. The summed E-state index contributed by atoms with van der Waals surface area (Å²) >= 11 is 18.5. The van der Waals surface area contributed by atoms with Crippen LogP contribution < -0.4 is 9.05 Å². The fourth-order valence-electron chi connectivity index (χ4n) is 2.01. The molecule has 0 fully saturated rings. The van der Waals surface area contributed by atoms with Gasteiger partial charge in [0.1, 0.15) is 0 Å². The van der Waals surface area contributed by atoms with E-state index in [1.165, 1.54) is 0 Å². The Morgan fingerprint density at radius 1 is 0.737 bits per heavy atom. The van der Waals surface area contributed by atoms with E-state index in [2.05, 4.69) is 0 Å². The summed E-state index contributed by atoms with van der Waals surface area (Å²) in [6, 6.07) is 15.0. The first-order chi connectivity index (χ1) is 8.91. The molecule has 2 aromatic carbocycles. The van der Waals surface area contributed by atoms with E-state index in [1.54, 1.807) is 12.1 Å². The van der Waals surface area contributed by atoms with Crippen molar-refractivity contribution in [3.05, 3.63) is 59.7 Å². The molecule has 0 unspecified atom stereocenters. The van der Waals surface area contributed by atoms with E-state index in [1.807, 2.05) is 36.4 Å². The van der Waals surface area contributed by atoms with Gasteiger partial charge in [0.25, 0.3) is 0 Å². The quantitative estimate of drug-likeness (QED) is 0.559. The van der Waals surface area contributed by atoms with Crippen LogP contribution in [0.2, 0.25) is 0 Å². The fourth-order valence-corrected chi connectivity index (χ4v) is 4.34. The van der Waals surface area contributed by atoms with Crippen molar-refractivity contribution in [1.82, 2.24) is 0 Å². The van der Waals surface area contributed by atoms with Gasteiger partial charge in [-0.05, 0) is 0 Å². The minimum atomic E-state index is -4.23. The second kappa shape index (κ2) is 4.43. The number of benzene rings is 2. The molecule has 0 radical (unpaired) electrons. The second-order valence-corrected chi connectivity index (χ2v) is 13.1.